The summed E-state index contributed by atoms with van der Waals surface area (Å²) in [6.45, 7) is 15.4. The van der Waals surface area contributed by atoms with E-state index in [0.717, 1.165) is 94.5 Å². The molecule has 2 saturated carbocycles. The lowest BCUT2D eigenvalue weighted by Crippen LogP contribution is -2.71. The standard InChI is InChI=1S/C45H58N8O5S/c1-8-52-37-10-9-27-18-32(37)34(41(52)33-19-30(22-46-39(33)26(3)57-7)51-13-11-50(6)12-14-51)21-45(4,5)24-58-44(56)40-28-16-29(17-28)53(49-40)43(55)35(20-38-47-36(27)23-59-38)48-42(54)31-15-25(31)2/h9-10,18-19,22-23,25-26,28-29,31,35,40,49H,8,11-17,20-21,24H2,1-7H3,(H,48,54). The molecule has 4 aliphatic heterocycles. The number of hydrogen-bond acceptors (Lipinski definition) is 11. The van der Waals surface area contributed by atoms with Crippen LogP contribution in [0.4, 0.5) is 5.69 Å². The van der Waals surface area contributed by atoms with Gasteiger partial charge >= 0.3 is 5.97 Å². The average Bonchev–Trinajstić information content (AvgIpc) is 3.64. The van der Waals surface area contributed by atoms with Crippen LogP contribution >= 0.6 is 11.3 Å². The molecule has 3 aromatic heterocycles. The van der Waals surface area contributed by atoms with Gasteiger partial charge in [0, 0.05) is 91.0 Å². The second kappa shape index (κ2) is 15.6. The van der Waals surface area contributed by atoms with Gasteiger partial charge in [0.2, 0.25) is 5.91 Å². The first-order chi connectivity index (χ1) is 28.3. The Labute approximate surface area is 350 Å². The third-order valence-corrected chi connectivity index (χ3v) is 14.4. The lowest BCUT2D eigenvalue weighted by atomic mass is 9.73. The van der Waals surface area contributed by atoms with Gasteiger partial charge in [-0.25, -0.2) is 10.4 Å². The van der Waals surface area contributed by atoms with Crippen LogP contribution in [0.25, 0.3) is 33.4 Å². The van der Waals surface area contributed by atoms with E-state index in [1.807, 2.05) is 6.20 Å². The van der Waals surface area contributed by atoms with Gasteiger partial charge in [0.15, 0.2) is 0 Å². The topological polar surface area (TPSA) is 134 Å². The Morgan fingerprint density at radius 3 is 2.61 bits per heavy atom. The van der Waals surface area contributed by atoms with Crippen molar-refractivity contribution in [1.29, 1.82) is 0 Å². The highest BCUT2D eigenvalue weighted by atomic mass is 32.1. The third kappa shape index (κ3) is 7.55. The van der Waals surface area contributed by atoms with Crippen molar-refractivity contribution >= 4 is 45.7 Å². The summed E-state index contributed by atoms with van der Waals surface area (Å²) in [5.74, 6) is -0.389. The molecule has 6 aliphatic rings. The van der Waals surface area contributed by atoms with Gasteiger partial charge in [0.1, 0.15) is 12.1 Å². The molecule has 7 heterocycles. The predicted molar refractivity (Wildman–Crippen MR) is 229 cm³/mol. The normalized spacial score (nSPS) is 27.5. The summed E-state index contributed by atoms with van der Waals surface area (Å²) >= 11 is 1.50. The first-order valence-corrected chi connectivity index (χ1v) is 22.3. The number of fused-ring (bicyclic) bond motifs is 4. The third-order valence-electron chi connectivity index (χ3n) is 13.6. The van der Waals surface area contributed by atoms with E-state index < -0.39 is 17.5 Å². The van der Waals surface area contributed by atoms with Crippen molar-refractivity contribution in [1.82, 2.24) is 35.2 Å². The first-order valence-electron chi connectivity index (χ1n) is 21.4. The number of ether oxygens (including phenoxy) is 2. The Hall–Kier alpha value is -4.37. The monoisotopic (exact) mass is 822 g/mol. The molecule has 10 rings (SSSR count). The van der Waals surface area contributed by atoms with Crippen molar-refractivity contribution in [2.45, 2.75) is 97.5 Å². The van der Waals surface area contributed by atoms with Gasteiger partial charge in [0.05, 0.1) is 46.7 Å². The molecule has 2 N–H and O–H groups in total. The predicted octanol–water partition coefficient (Wildman–Crippen LogP) is 5.61. The van der Waals surface area contributed by atoms with Crippen molar-refractivity contribution in [2.24, 2.45) is 23.2 Å². The van der Waals surface area contributed by atoms with Gasteiger partial charge in [-0.3, -0.25) is 24.4 Å². The molecule has 5 fully saturated rings. The maximum Gasteiger partial charge on any atom is 0.325 e. The fraction of sp³-hybridized carbons (Fsp3) is 0.578. The average molecular weight is 823 g/mol. The fourth-order valence-electron chi connectivity index (χ4n) is 9.62. The molecule has 3 saturated heterocycles. The summed E-state index contributed by atoms with van der Waals surface area (Å²) in [5, 5.41) is 8.63. The van der Waals surface area contributed by atoms with Crippen LogP contribution in [0.2, 0.25) is 0 Å². The van der Waals surface area contributed by atoms with Gasteiger partial charge < -0.3 is 29.2 Å². The molecule has 4 aromatic rings. The Morgan fingerprint density at radius 1 is 1.14 bits per heavy atom. The molecule has 1 aromatic carbocycles. The zero-order valence-electron chi connectivity index (χ0n) is 35.4. The fourth-order valence-corrected chi connectivity index (χ4v) is 10.5. The Morgan fingerprint density at radius 2 is 1.90 bits per heavy atom. The number of aromatic nitrogens is 3. The number of amides is 2. The highest BCUT2D eigenvalue weighted by Crippen LogP contribution is 2.44. The van der Waals surface area contributed by atoms with Crippen LogP contribution in [0.1, 0.15) is 76.3 Å². The van der Waals surface area contributed by atoms with Gasteiger partial charge in [-0.05, 0) is 82.2 Å². The summed E-state index contributed by atoms with van der Waals surface area (Å²) in [4.78, 5) is 56.7. The smallest absolute Gasteiger partial charge is 0.325 e. The number of carbonyl (C=O) groups excluding carboxylic acids is 3. The van der Waals surface area contributed by atoms with E-state index in [4.69, 9.17) is 19.4 Å². The van der Waals surface area contributed by atoms with E-state index in [-0.39, 0.29) is 54.8 Å². The molecule has 59 heavy (non-hydrogen) atoms. The molecule has 5 unspecified atom stereocenters. The second-order valence-electron chi connectivity index (χ2n) is 18.5. The van der Waals surface area contributed by atoms with Crippen molar-refractivity contribution < 1.29 is 23.9 Å². The number of nitrogens with one attached hydrogen (secondary N) is 2. The van der Waals surface area contributed by atoms with Crippen molar-refractivity contribution in [2.75, 3.05) is 51.8 Å². The molecular formula is C45H58N8O5S. The molecule has 2 aliphatic carbocycles. The number of likely N-dealkylation sites (N-methyl/N-ethyl adjacent to an activating group) is 1. The summed E-state index contributed by atoms with van der Waals surface area (Å²) in [5.41, 5.74) is 11.0. The zero-order valence-corrected chi connectivity index (χ0v) is 36.2. The summed E-state index contributed by atoms with van der Waals surface area (Å²) < 4.78 is 14.6. The minimum absolute atomic E-state index is 0.0363. The molecule has 2 amide bonds. The largest absolute Gasteiger partial charge is 0.464 e. The maximum atomic E-state index is 14.4. The number of benzene rings is 1. The maximum absolute atomic E-state index is 14.4. The Bertz CT molecular complexity index is 2270. The van der Waals surface area contributed by atoms with Gasteiger partial charge in [-0.15, -0.1) is 11.3 Å². The molecular weight excluding hydrogens is 765 g/mol. The number of hydrogen-bond donors (Lipinski definition) is 2. The van der Waals surface area contributed by atoms with Crippen LogP contribution in [0.3, 0.4) is 0 Å². The lowest BCUT2D eigenvalue weighted by Gasteiger charge is -2.53. The van der Waals surface area contributed by atoms with E-state index in [0.29, 0.717) is 25.2 Å². The summed E-state index contributed by atoms with van der Waals surface area (Å²) in [7, 11) is 3.90. The number of anilines is 1. The summed E-state index contributed by atoms with van der Waals surface area (Å²) in [6, 6.07) is 7.37. The Kier molecular flexibility index (Phi) is 10.6. The number of hydrazine groups is 1. The number of rotatable bonds is 7. The van der Waals surface area contributed by atoms with E-state index in [2.05, 4.69) is 96.4 Å². The van der Waals surface area contributed by atoms with Crippen molar-refractivity contribution in [3.8, 4) is 22.5 Å². The van der Waals surface area contributed by atoms with Crippen LogP contribution in [0, 0.1) is 23.2 Å². The van der Waals surface area contributed by atoms with Crippen molar-refractivity contribution in [3.05, 3.63) is 52.1 Å². The van der Waals surface area contributed by atoms with Gasteiger partial charge in [0.25, 0.3) is 5.91 Å². The van der Waals surface area contributed by atoms with Crippen LogP contribution in [-0.4, -0.2) is 107 Å². The molecule has 0 spiro atoms. The Balaban J connectivity index is 1.17. The lowest BCUT2D eigenvalue weighted by molar-refractivity contribution is -0.171. The molecule has 14 heteroatoms. The van der Waals surface area contributed by atoms with Crippen molar-refractivity contribution in [3.63, 3.8) is 0 Å². The van der Waals surface area contributed by atoms with Gasteiger partial charge in [-0.2, -0.15) is 0 Å². The number of nitrogens with zero attached hydrogens (tertiary/aromatic N) is 6. The molecule has 5 atom stereocenters. The molecule has 0 radical (unpaired) electrons. The van der Waals surface area contributed by atoms with E-state index in [1.165, 1.54) is 11.3 Å². The van der Waals surface area contributed by atoms with Crippen LogP contribution in [-0.2, 0) is 43.2 Å². The van der Waals surface area contributed by atoms with Crippen LogP contribution in [0.15, 0.2) is 35.8 Å². The molecule has 8 bridgehead atoms. The number of methoxy groups -OCH3 is 1. The van der Waals surface area contributed by atoms with Crippen LogP contribution in [0.5, 0.6) is 0 Å². The quantitative estimate of drug-likeness (QED) is 0.227. The minimum atomic E-state index is -0.817. The molecule has 13 nitrogen and oxygen atoms in total. The van der Waals surface area contributed by atoms with Crippen LogP contribution < -0.4 is 15.6 Å². The minimum Gasteiger partial charge on any atom is -0.464 e. The highest BCUT2D eigenvalue weighted by molar-refractivity contribution is 7.10. The number of thiazole rings is 1. The van der Waals surface area contributed by atoms with E-state index >= 15 is 0 Å². The number of carbonyl (C=O) groups is 3. The van der Waals surface area contributed by atoms with E-state index in [9.17, 15) is 14.4 Å². The summed E-state index contributed by atoms with van der Waals surface area (Å²) in [6.07, 6.45) is 4.88. The number of cyclic esters (lactones) is 1. The number of esters is 1. The first kappa shape index (κ1) is 40.1. The SMILES string of the molecule is CCn1c(-c2cc(N3CCN(C)CC3)cnc2C(C)OC)c2c3cc(ccc31)-c1csc(n1)CC(NC(=O)C1CC1C)C(=O)N1NC(C(=O)OCC(C)(C)C2)C2CC1C2. The second-order valence-corrected chi connectivity index (χ2v) is 19.4. The zero-order chi connectivity index (χ0) is 41.3. The molecule has 314 valence electrons. The highest BCUT2D eigenvalue weighted by Gasteiger charge is 2.51. The number of pyridine rings is 1. The van der Waals surface area contributed by atoms with E-state index in [1.54, 1.807) is 12.1 Å². The number of piperazine rings is 1. The van der Waals surface area contributed by atoms with Gasteiger partial charge in [-0.1, -0.05) is 26.8 Å². The number of aryl methyl sites for hydroxylation is 1.